The predicted molar refractivity (Wildman–Crippen MR) is 51.7 cm³/mol. The molecule has 2 rings (SSSR count). The quantitative estimate of drug-likeness (QED) is 0.656. The number of esters is 1. The molecule has 76 valence electrons. The Morgan fingerprint density at radius 3 is 2.23 bits per heavy atom. The van der Waals surface area contributed by atoms with Crippen molar-refractivity contribution in [2.45, 2.75) is 37.6 Å². The first-order valence-corrected chi connectivity index (χ1v) is 4.48. The Morgan fingerprint density at radius 2 is 1.92 bits per heavy atom. The Bertz CT molecular complexity index is 218. The summed E-state index contributed by atoms with van der Waals surface area (Å²) >= 11 is 0. The molecule has 0 aromatic rings. The van der Waals surface area contributed by atoms with Gasteiger partial charge >= 0.3 is 5.97 Å². The third-order valence-corrected chi connectivity index (χ3v) is 3.39. The Morgan fingerprint density at radius 1 is 1.38 bits per heavy atom. The molecule has 2 aliphatic carbocycles. The van der Waals surface area contributed by atoms with Crippen LogP contribution in [0.3, 0.4) is 0 Å². The maximum absolute atomic E-state index is 11.2. The fourth-order valence-corrected chi connectivity index (χ4v) is 2.66. The lowest BCUT2D eigenvalue weighted by Crippen LogP contribution is -2.65. The summed E-state index contributed by atoms with van der Waals surface area (Å²) in [6, 6.07) is 0. The molecule has 0 aliphatic heterocycles. The molecule has 0 saturated heterocycles. The van der Waals surface area contributed by atoms with E-state index in [1.807, 2.05) is 0 Å². The summed E-state index contributed by atoms with van der Waals surface area (Å²) in [7, 11) is 1.41. The van der Waals surface area contributed by atoms with E-state index >= 15 is 0 Å². The van der Waals surface area contributed by atoms with Gasteiger partial charge in [0.2, 0.25) is 0 Å². The summed E-state index contributed by atoms with van der Waals surface area (Å²) < 4.78 is 4.66. The van der Waals surface area contributed by atoms with Crippen molar-refractivity contribution in [3.8, 4) is 0 Å². The number of hydrogen-bond acceptors (Lipinski definition) is 3. The average molecular weight is 206 g/mol. The standard InChI is InChI=1S/C9H15NO2.ClH/c1-12-7(11)9(10)5-8(6-9)3-2-4-8;/h2-6,10H2,1H3;1H. The van der Waals surface area contributed by atoms with Crippen LogP contribution in [0, 0.1) is 5.41 Å². The molecule has 0 atom stereocenters. The molecule has 0 unspecified atom stereocenters. The molecule has 2 N–H and O–H groups in total. The second kappa shape index (κ2) is 3.14. The van der Waals surface area contributed by atoms with Gasteiger partial charge in [-0.05, 0) is 31.1 Å². The molecule has 0 radical (unpaired) electrons. The molecule has 2 aliphatic rings. The zero-order valence-electron chi connectivity index (χ0n) is 7.84. The molecular weight excluding hydrogens is 190 g/mol. The van der Waals surface area contributed by atoms with Crippen LogP contribution in [0.2, 0.25) is 0 Å². The number of methoxy groups -OCH3 is 1. The van der Waals surface area contributed by atoms with Gasteiger partial charge in [0.25, 0.3) is 0 Å². The van der Waals surface area contributed by atoms with E-state index in [1.54, 1.807) is 0 Å². The van der Waals surface area contributed by atoms with Gasteiger partial charge in [0.05, 0.1) is 7.11 Å². The molecule has 0 aromatic heterocycles. The number of hydrogen-bond donors (Lipinski definition) is 1. The number of carbonyl (C=O) groups is 1. The van der Waals surface area contributed by atoms with Crippen molar-refractivity contribution in [1.82, 2.24) is 0 Å². The van der Waals surface area contributed by atoms with Crippen LogP contribution in [-0.2, 0) is 9.53 Å². The van der Waals surface area contributed by atoms with E-state index in [2.05, 4.69) is 4.74 Å². The van der Waals surface area contributed by atoms with Crippen LogP contribution < -0.4 is 5.73 Å². The summed E-state index contributed by atoms with van der Waals surface area (Å²) in [4.78, 5) is 11.2. The van der Waals surface area contributed by atoms with Gasteiger partial charge in [-0.25, -0.2) is 0 Å². The molecule has 3 nitrogen and oxygen atoms in total. The van der Waals surface area contributed by atoms with E-state index in [0.717, 1.165) is 12.8 Å². The smallest absolute Gasteiger partial charge is 0.325 e. The van der Waals surface area contributed by atoms with E-state index in [0.29, 0.717) is 5.41 Å². The molecule has 4 heteroatoms. The minimum absolute atomic E-state index is 0. The van der Waals surface area contributed by atoms with Gasteiger partial charge in [0.1, 0.15) is 5.54 Å². The van der Waals surface area contributed by atoms with Crippen LogP contribution in [0.4, 0.5) is 0 Å². The average Bonchev–Trinajstić information content (AvgIpc) is 1.93. The van der Waals surface area contributed by atoms with Crippen LogP contribution >= 0.6 is 12.4 Å². The van der Waals surface area contributed by atoms with E-state index in [4.69, 9.17) is 5.73 Å². The fraction of sp³-hybridized carbons (Fsp3) is 0.889. The van der Waals surface area contributed by atoms with Crippen molar-refractivity contribution >= 4 is 18.4 Å². The van der Waals surface area contributed by atoms with Crippen LogP contribution in [0.15, 0.2) is 0 Å². The lowest BCUT2D eigenvalue weighted by molar-refractivity contribution is -0.162. The summed E-state index contributed by atoms with van der Waals surface area (Å²) in [6.07, 6.45) is 5.49. The minimum Gasteiger partial charge on any atom is -0.468 e. The first kappa shape index (κ1) is 10.8. The van der Waals surface area contributed by atoms with Crippen LogP contribution in [0.1, 0.15) is 32.1 Å². The lowest BCUT2D eigenvalue weighted by atomic mass is 9.49. The van der Waals surface area contributed by atoms with Gasteiger partial charge in [0, 0.05) is 0 Å². The van der Waals surface area contributed by atoms with Gasteiger partial charge in [-0.2, -0.15) is 0 Å². The monoisotopic (exact) mass is 205 g/mol. The van der Waals surface area contributed by atoms with Crippen LogP contribution in [0.5, 0.6) is 0 Å². The fourth-order valence-electron chi connectivity index (χ4n) is 2.66. The molecule has 0 aromatic carbocycles. The molecule has 0 amide bonds. The SMILES string of the molecule is COC(=O)C1(N)CC2(CCC2)C1.Cl. The molecule has 0 bridgehead atoms. The number of nitrogens with two attached hydrogens (primary N) is 1. The van der Waals surface area contributed by atoms with Crippen molar-refractivity contribution in [2.24, 2.45) is 11.1 Å². The lowest BCUT2D eigenvalue weighted by Gasteiger charge is -2.57. The van der Waals surface area contributed by atoms with Crippen LogP contribution in [0.25, 0.3) is 0 Å². The maximum Gasteiger partial charge on any atom is 0.325 e. The number of halogens is 1. The Hall–Kier alpha value is -0.280. The van der Waals surface area contributed by atoms with Gasteiger partial charge in [-0.15, -0.1) is 12.4 Å². The first-order valence-electron chi connectivity index (χ1n) is 4.48. The Balaban J connectivity index is 0.000000845. The van der Waals surface area contributed by atoms with Gasteiger partial charge in [-0.1, -0.05) is 6.42 Å². The molecule has 2 fully saturated rings. The maximum atomic E-state index is 11.2. The van der Waals surface area contributed by atoms with Crippen LogP contribution in [-0.4, -0.2) is 18.6 Å². The Labute approximate surface area is 84.4 Å². The normalized spacial score (nSPS) is 26.6. The number of rotatable bonds is 1. The Kier molecular flexibility index (Phi) is 2.61. The zero-order chi connectivity index (χ0) is 8.82. The third-order valence-electron chi connectivity index (χ3n) is 3.39. The van der Waals surface area contributed by atoms with Crippen molar-refractivity contribution in [3.05, 3.63) is 0 Å². The zero-order valence-corrected chi connectivity index (χ0v) is 8.65. The second-order valence-corrected chi connectivity index (χ2v) is 4.35. The summed E-state index contributed by atoms with van der Waals surface area (Å²) in [5, 5.41) is 0. The highest BCUT2D eigenvalue weighted by atomic mass is 35.5. The molecular formula is C9H16ClNO2. The second-order valence-electron chi connectivity index (χ2n) is 4.35. The van der Waals surface area contributed by atoms with Crippen molar-refractivity contribution in [2.75, 3.05) is 7.11 Å². The number of ether oxygens (including phenoxy) is 1. The highest BCUT2D eigenvalue weighted by Gasteiger charge is 2.59. The van der Waals surface area contributed by atoms with Gasteiger partial charge < -0.3 is 10.5 Å². The molecule has 13 heavy (non-hydrogen) atoms. The van der Waals surface area contributed by atoms with E-state index in [-0.39, 0.29) is 18.4 Å². The molecule has 0 heterocycles. The van der Waals surface area contributed by atoms with Crippen molar-refractivity contribution in [3.63, 3.8) is 0 Å². The van der Waals surface area contributed by atoms with Gasteiger partial charge in [0.15, 0.2) is 0 Å². The van der Waals surface area contributed by atoms with E-state index in [9.17, 15) is 4.79 Å². The summed E-state index contributed by atoms with van der Waals surface area (Å²) in [5.41, 5.74) is 5.66. The molecule has 2 saturated carbocycles. The predicted octanol–water partition coefficient (Wildman–Crippen LogP) is 1.24. The van der Waals surface area contributed by atoms with Crippen molar-refractivity contribution < 1.29 is 9.53 Å². The largest absolute Gasteiger partial charge is 0.468 e. The summed E-state index contributed by atoms with van der Waals surface area (Å²) in [6.45, 7) is 0. The molecule has 1 spiro atoms. The first-order chi connectivity index (χ1) is 5.60. The van der Waals surface area contributed by atoms with Gasteiger partial charge in [-0.3, -0.25) is 4.79 Å². The number of carbonyl (C=O) groups excluding carboxylic acids is 1. The third kappa shape index (κ3) is 1.44. The summed E-state index contributed by atoms with van der Waals surface area (Å²) in [5.74, 6) is -0.236. The van der Waals surface area contributed by atoms with Crippen molar-refractivity contribution in [1.29, 1.82) is 0 Å². The van der Waals surface area contributed by atoms with E-state index < -0.39 is 5.54 Å². The highest BCUT2D eigenvalue weighted by molar-refractivity contribution is 5.85. The van der Waals surface area contributed by atoms with E-state index in [1.165, 1.54) is 26.4 Å². The topological polar surface area (TPSA) is 52.3 Å². The highest BCUT2D eigenvalue weighted by Crippen LogP contribution is 2.59. The minimum atomic E-state index is -0.644.